The molecule has 0 saturated carbocycles. The molecular formula is C15H12N4. The van der Waals surface area contributed by atoms with E-state index in [1.165, 1.54) is 0 Å². The first kappa shape index (κ1) is 11.3. The van der Waals surface area contributed by atoms with Gasteiger partial charge in [-0.2, -0.15) is 10.4 Å². The molecule has 3 aromatic rings. The summed E-state index contributed by atoms with van der Waals surface area (Å²) in [5, 5.41) is 20.4. The number of H-pyrrole nitrogens is 1. The molecule has 0 aliphatic heterocycles. The van der Waals surface area contributed by atoms with Crippen LogP contribution in [0.5, 0.6) is 0 Å². The molecule has 1 heterocycles. The highest BCUT2D eigenvalue weighted by atomic mass is 15.1. The summed E-state index contributed by atoms with van der Waals surface area (Å²) in [5.74, 6) is 0. The standard InChI is InChI=1S/C15H12N4/c16-8-11-4-1-2-5-12(11)9-17-14-6-3-7-15-13(14)10-18-19-15/h1-7,10,17H,9H2,(H,18,19). The van der Waals surface area contributed by atoms with Crippen LogP contribution in [0, 0.1) is 11.3 Å². The smallest absolute Gasteiger partial charge is 0.0995 e. The maximum atomic E-state index is 9.06. The number of nitrogens with one attached hydrogen (secondary N) is 2. The topological polar surface area (TPSA) is 64.5 Å². The zero-order valence-electron chi connectivity index (χ0n) is 10.2. The molecular weight excluding hydrogens is 236 g/mol. The van der Waals surface area contributed by atoms with Gasteiger partial charge < -0.3 is 5.32 Å². The van der Waals surface area contributed by atoms with Crippen molar-refractivity contribution in [1.29, 1.82) is 5.26 Å². The van der Waals surface area contributed by atoms with E-state index in [4.69, 9.17) is 5.26 Å². The Bertz CT molecular complexity index is 752. The van der Waals surface area contributed by atoms with Gasteiger partial charge in [-0.15, -0.1) is 0 Å². The van der Waals surface area contributed by atoms with Crippen LogP contribution in [0.4, 0.5) is 5.69 Å². The lowest BCUT2D eigenvalue weighted by Crippen LogP contribution is -2.01. The van der Waals surface area contributed by atoms with Crippen LogP contribution in [-0.4, -0.2) is 10.2 Å². The maximum Gasteiger partial charge on any atom is 0.0995 e. The molecule has 0 bridgehead atoms. The van der Waals surface area contributed by atoms with E-state index in [1.807, 2.05) is 42.5 Å². The number of aromatic nitrogens is 2. The van der Waals surface area contributed by atoms with Crippen molar-refractivity contribution >= 4 is 16.6 Å². The summed E-state index contributed by atoms with van der Waals surface area (Å²) in [5.41, 5.74) is 3.71. The van der Waals surface area contributed by atoms with Gasteiger partial charge in [0.15, 0.2) is 0 Å². The number of hydrogen-bond donors (Lipinski definition) is 2. The minimum absolute atomic E-state index is 0.619. The molecule has 2 aromatic carbocycles. The number of nitriles is 1. The van der Waals surface area contributed by atoms with Crippen molar-refractivity contribution in [2.75, 3.05) is 5.32 Å². The van der Waals surface area contributed by atoms with Gasteiger partial charge in [-0.3, -0.25) is 5.10 Å². The summed E-state index contributed by atoms with van der Waals surface area (Å²) < 4.78 is 0. The second-order valence-electron chi connectivity index (χ2n) is 4.26. The highest BCUT2D eigenvalue weighted by Crippen LogP contribution is 2.22. The fourth-order valence-electron chi connectivity index (χ4n) is 2.10. The summed E-state index contributed by atoms with van der Waals surface area (Å²) in [6.07, 6.45) is 1.80. The van der Waals surface area contributed by atoms with E-state index in [0.717, 1.165) is 22.2 Å². The Balaban J connectivity index is 1.87. The summed E-state index contributed by atoms with van der Waals surface area (Å²) in [6.45, 7) is 0.619. The SMILES string of the molecule is N#Cc1ccccc1CNc1cccc2[nH]ncc12. The zero-order chi connectivity index (χ0) is 13.1. The molecule has 0 radical (unpaired) electrons. The van der Waals surface area contributed by atoms with Gasteiger partial charge >= 0.3 is 0 Å². The third-order valence-corrected chi connectivity index (χ3v) is 3.09. The van der Waals surface area contributed by atoms with Gasteiger partial charge in [0.1, 0.15) is 0 Å². The Morgan fingerprint density at radius 2 is 2.05 bits per heavy atom. The van der Waals surface area contributed by atoms with Crippen LogP contribution < -0.4 is 5.32 Å². The van der Waals surface area contributed by atoms with E-state index in [1.54, 1.807) is 6.20 Å². The molecule has 2 N–H and O–H groups in total. The van der Waals surface area contributed by atoms with Crippen LogP contribution in [0.1, 0.15) is 11.1 Å². The highest BCUT2D eigenvalue weighted by Gasteiger charge is 2.04. The van der Waals surface area contributed by atoms with Crippen molar-refractivity contribution in [1.82, 2.24) is 10.2 Å². The average Bonchev–Trinajstić information content (AvgIpc) is 2.94. The van der Waals surface area contributed by atoms with Crippen molar-refractivity contribution in [3.05, 3.63) is 59.8 Å². The van der Waals surface area contributed by atoms with Crippen LogP contribution in [0.2, 0.25) is 0 Å². The van der Waals surface area contributed by atoms with Gasteiger partial charge in [-0.05, 0) is 23.8 Å². The quantitative estimate of drug-likeness (QED) is 0.748. The fraction of sp³-hybridized carbons (Fsp3) is 0.0667. The molecule has 0 aliphatic rings. The first-order valence-corrected chi connectivity index (χ1v) is 6.02. The van der Waals surface area contributed by atoms with E-state index in [0.29, 0.717) is 12.1 Å². The molecule has 0 spiro atoms. The number of nitrogens with zero attached hydrogens (tertiary/aromatic N) is 2. The van der Waals surface area contributed by atoms with Crippen molar-refractivity contribution < 1.29 is 0 Å². The summed E-state index contributed by atoms with van der Waals surface area (Å²) in [4.78, 5) is 0. The molecule has 4 heteroatoms. The molecule has 0 fully saturated rings. The summed E-state index contributed by atoms with van der Waals surface area (Å²) >= 11 is 0. The normalized spacial score (nSPS) is 10.3. The predicted molar refractivity (Wildman–Crippen MR) is 74.6 cm³/mol. The van der Waals surface area contributed by atoms with Gasteiger partial charge in [0.25, 0.3) is 0 Å². The van der Waals surface area contributed by atoms with Crippen molar-refractivity contribution in [3.63, 3.8) is 0 Å². The Kier molecular flexibility index (Phi) is 2.87. The van der Waals surface area contributed by atoms with Crippen molar-refractivity contribution in [2.45, 2.75) is 6.54 Å². The minimum atomic E-state index is 0.619. The first-order chi connectivity index (χ1) is 9.38. The van der Waals surface area contributed by atoms with Crippen LogP contribution in [0.25, 0.3) is 10.9 Å². The van der Waals surface area contributed by atoms with Crippen LogP contribution >= 0.6 is 0 Å². The van der Waals surface area contributed by atoms with E-state index >= 15 is 0 Å². The van der Waals surface area contributed by atoms with E-state index < -0.39 is 0 Å². The second-order valence-corrected chi connectivity index (χ2v) is 4.26. The Labute approximate surface area is 110 Å². The third-order valence-electron chi connectivity index (χ3n) is 3.09. The number of fused-ring (bicyclic) bond motifs is 1. The molecule has 3 rings (SSSR count). The monoisotopic (exact) mass is 248 g/mol. The molecule has 0 aliphatic carbocycles. The van der Waals surface area contributed by atoms with Gasteiger partial charge in [0.05, 0.1) is 23.3 Å². The molecule has 0 saturated heterocycles. The van der Waals surface area contributed by atoms with E-state index in [9.17, 15) is 0 Å². The van der Waals surface area contributed by atoms with Crippen LogP contribution in [-0.2, 0) is 6.54 Å². The van der Waals surface area contributed by atoms with Crippen molar-refractivity contribution in [2.24, 2.45) is 0 Å². The number of benzene rings is 2. The van der Waals surface area contributed by atoms with Gasteiger partial charge in [0, 0.05) is 17.6 Å². The Morgan fingerprint density at radius 3 is 2.95 bits per heavy atom. The van der Waals surface area contributed by atoms with E-state index in [2.05, 4.69) is 21.6 Å². The number of hydrogen-bond acceptors (Lipinski definition) is 3. The first-order valence-electron chi connectivity index (χ1n) is 6.02. The van der Waals surface area contributed by atoms with Crippen LogP contribution in [0.15, 0.2) is 48.7 Å². The lowest BCUT2D eigenvalue weighted by Gasteiger charge is -2.08. The lowest BCUT2D eigenvalue weighted by atomic mass is 10.1. The predicted octanol–water partition coefficient (Wildman–Crippen LogP) is 3.05. The molecule has 0 unspecified atom stereocenters. The number of rotatable bonds is 3. The molecule has 4 nitrogen and oxygen atoms in total. The second kappa shape index (κ2) is 4.83. The van der Waals surface area contributed by atoms with Crippen molar-refractivity contribution in [3.8, 4) is 6.07 Å². The minimum Gasteiger partial charge on any atom is -0.380 e. The summed E-state index contributed by atoms with van der Waals surface area (Å²) in [7, 11) is 0. The van der Waals surface area contributed by atoms with Gasteiger partial charge in [-0.25, -0.2) is 0 Å². The van der Waals surface area contributed by atoms with Gasteiger partial charge in [-0.1, -0.05) is 24.3 Å². The zero-order valence-corrected chi connectivity index (χ0v) is 10.2. The number of aromatic amines is 1. The highest BCUT2D eigenvalue weighted by molar-refractivity contribution is 5.90. The molecule has 92 valence electrons. The molecule has 19 heavy (non-hydrogen) atoms. The average molecular weight is 248 g/mol. The largest absolute Gasteiger partial charge is 0.380 e. The Hall–Kier alpha value is -2.80. The Morgan fingerprint density at radius 1 is 1.16 bits per heavy atom. The van der Waals surface area contributed by atoms with Crippen LogP contribution in [0.3, 0.4) is 0 Å². The van der Waals surface area contributed by atoms with E-state index in [-0.39, 0.29) is 0 Å². The van der Waals surface area contributed by atoms with Gasteiger partial charge in [0.2, 0.25) is 0 Å². The molecule has 0 amide bonds. The summed E-state index contributed by atoms with van der Waals surface area (Å²) in [6, 6.07) is 15.8. The fourth-order valence-corrected chi connectivity index (χ4v) is 2.10. The number of anilines is 1. The molecule has 1 aromatic heterocycles. The molecule has 0 atom stereocenters. The maximum absolute atomic E-state index is 9.06. The lowest BCUT2D eigenvalue weighted by molar-refractivity contribution is 1.12. The third kappa shape index (κ3) is 2.14.